The molecular weight excluding hydrogens is 98.1 g/mol. The fourth-order valence-corrected chi connectivity index (χ4v) is 1.31. The van der Waals surface area contributed by atoms with E-state index in [1.54, 1.807) is 0 Å². The van der Waals surface area contributed by atoms with Crippen LogP contribution in [0.1, 0.15) is 6.42 Å². The van der Waals surface area contributed by atoms with Gasteiger partial charge in [-0.25, -0.2) is 0 Å². The second kappa shape index (κ2) is 1.38. The van der Waals surface area contributed by atoms with Crippen molar-refractivity contribution in [2.45, 2.75) is 12.5 Å². The predicted molar refractivity (Wildman–Crippen MR) is 33.4 cm³/mol. The van der Waals surface area contributed by atoms with E-state index in [-0.39, 0.29) is 0 Å². The van der Waals surface area contributed by atoms with Crippen molar-refractivity contribution in [1.29, 1.82) is 0 Å². The standard InChI is InChI=1S/C7H9N/c1-3-7-4-2-6-8(7)5-1/h1-3,6-7H,4-5H2. The summed E-state index contributed by atoms with van der Waals surface area (Å²) in [5.41, 5.74) is 0. The van der Waals surface area contributed by atoms with Crippen molar-refractivity contribution >= 4 is 0 Å². The van der Waals surface area contributed by atoms with E-state index >= 15 is 0 Å². The molecule has 0 saturated carbocycles. The molecule has 0 aromatic carbocycles. The Kier molecular flexibility index (Phi) is 0.720. The highest BCUT2D eigenvalue weighted by Crippen LogP contribution is 2.19. The first-order chi connectivity index (χ1) is 3.97. The van der Waals surface area contributed by atoms with E-state index in [4.69, 9.17) is 0 Å². The van der Waals surface area contributed by atoms with Gasteiger partial charge >= 0.3 is 0 Å². The van der Waals surface area contributed by atoms with Crippen LogP contribution < -0.4 is 0 Å². The maximum absolute atomic E-state index is 2.35. The third-order valence-corrected chi connectivity index (χ3v) is 1.77. The highest BCUT2D eigenvalue weighted by Gasteiger charge is 2.18. The van der Waals surface area contributed by atoms with Crippen LogP contribution in [0, 0.1) is 0 Å². The van der Waals surface area contributed by atoms with Crippen LogP contribution >= 0.6 is 0 Å². The molecule has 42 valence electrons. The van der Waals surface area contributed by atoms with Gasteiger partial charge in [-0.2, -0.15) is 0 Å². The van der Waals surface area contributed by atoms with Crippen LogP contribution in [0.25, 0.3) is 0 Å². The van der Waals surface area contributed by atoms with Gasteiger partial charge in [0.2, 0.25) is 0 Å². The molecule has 2 rings (SSSR count). The summed E-state index contributed by atoms with van der Waals surface area (Å²) in [6.45, 7) is 1.13. The van der Waals surface area contributed by atoms with Gasteiger partial charge in [-0.1, -0.05) is 18.2 Å². The highest BCUT2D eigenvalue weighted by atomic mass is 15.2. The molecule has 2 aliphatic rings. The number of fused-ring (bicyclic) bond motifs is 1. The molecule has 0 radical (unpaired) electrons. The Bertz CT molecular complexity index is 128. The molecule has 1 unspecified atom stereocenters. The third-order valence-electron chi connectivity index (χ3n) is 1.77. The van der Waals surface area contributed by atoms with Crippen LogP contribution in [0.15, 0.2) is 24.4 Å². The Morgan fingerprint density at radius 1 is 1.38 bits per heavy atom. The average molecular weight is 107 g/mol. The molecule has 8 heavy (non-hydrogen) atoms. The van der Waals surface area contributed by atoms with Gasteiger partial charge in [0, 0.05) is 6.54 Å². The molecule has 0 saturated heterocycles. The molecular formula is C7H9N. The Hall–Kier alpha value is -0.720. The van der Waals surface area contributed by atoms with Crippen molar-refractivity contribution < 1.29 is 0 Å². The summed E-state index contributed by atoms with van der Waals surface area (Å²) in [6.07, 6.45) is 10.1. The Morgan fingerprint density at radius 3 is 3.25 bits per heavy atom. The molecule has 2 heterocycles. The zero-order valence-electron chi connectivity index (χ0n) is 4.75. The summed E-state index contributed by atoms with van der Waals surface area (Å²) in [4.78, 5) is 2.35. The van der Waals surface area contributed by atoms with Crippen LogP contribution in [-0.4, -0.2) is 17.5 Å². The lowest BCUT2D eigenvalue weighted by molar-refractivity contribution is 0.405. The van der Waals surface area contributed by atoms with Gasteiger partial charge in [-0.15, -0.1) is 0 Å². The Balaban J connectivity index is 2.20. The molecule has 0 spiro atoms. The molecule has 0 amide bonds. The van der Waals surface area contributed by atoms with Crippen molar-refractivity contribution in [1.82, 2.24) is 4.90 Å². The van der Waals surface area contributed by atoms with Gasteiger partial charge in [0.15, 0.2) is 0 Å². The molecule has 0 aromatic heterocycles. The number of rotatable bonds is 0. The molecule has 1 nitrogen and oxygen atoms in total. The van der Waals surface area contributed by atoms with Crippen LogP contribution in [0.3, 0.4) is 0 Å². The molecule has 0 aromatic rings. The van der Waals surface area contributed by atoms with Crippen LogP contribution in [0.5, 0.6) is 0 Å². The largest absolute Gasteiger partial charge is 0.367 e. The zero-order valence-corrected chi connectivity index (χ0v) is 4.75. The quantitative estimate of drug-likeness (QED) is 0.420. The molecule has 2 aliphatic heterocycles. The van der Waals surface area contributed by atoms with Crippen LogP contribution in [-0.2, 0) is 0 Å². The second-order valence-corrected chi connectivity index (χ2v) is 2.31. The zero-order chi connectivity index (χ0) is 5.40. The van der Waals surface area contributed by atoms with E-state index in [0.29, 0.717) is 0 Å². The third kappa shape index (κ3) is 0.414. The van der Waals surface area contributed by atoms with E-state index < -0.39 is 0 Å². The van der Waals surface area contributed by atoms with Crippen molar-refractivity contribution in [3.63, 3.8) is 0 Å². The van der Waals surface area contributed by atoms with Crippen molar-refractivity contribution in [2.24, 2.45) is 0 Å². The van der Waals surface area contributed by atoms with Crippen molar-refractivity contribution in [3.05, 3.63) is 24.4 Å². The minimum Gasteiger partial charge on any atom is -0.367 e. The maximum atomic E-state index is 2.35. The number of hydrogen-bond donors (Lipinski definition) is 0. The van der Waals surface area contributed by atoms with Gasteiger partial charge in [0.1, 0.15) is 0 Å². The Labute approximate surface area is 49.3 Å². The van der Waals surface area contributed by atoms with E-state index in [9.17, 15) is 0 Å². The summed E-state index contributed by atoms with van der Waals surface area (Å²) in [7, 11) is 0. The van der Waals surface area contributed by atoms with E-state index in [0.717, 1.165) is 12.6 Å². The summed E-state index contributed by atoms with van der Waals surface area (Å²) < 4.78 is 0. The van der Waals surface area contributed by atoms with Crippen molar-refractivity contribution in [3.8, 4) is 0 Å². The highest BCUT2D eigenvalue weighted by molar-refractivity contribution is 5.14. The van der Waals surface area contributed by atoms with E-state index in [2.05, 4.69) is 29.3 Å². The smallest absolute Gasteiger partial charge is 0.0506 e. The monoisotopic (exact) mass is 107 g/mol. The first-order valence-electron chi connectivity index (χ1n) is 3.06. The molecule has 1 heteroatoms. The lowest BCUT2D eigenvalue weighted by atomic mass is 10.2. The molecule has 0 fully saturated rings. The predicted octanol–water partition coefficient (Wildman–Crippen LogP) is 1.14. The molecule has 1 atom stereocenters. The number of nitrogens with zero attached hydrogens (tertiary/aromatic N) is 1. The Morgan fingerprint density at radius 2 is 2.38 bits per heavy atom. The molecule has 0 N–H and O–H groups in total. The maximum Gasteiger partial charge on any atom is 0.0506 e. The number of hydrogen-bond acceptors (Lipinski definition) is 1. The van der Waals surface area contributed by atoms with Gasteiger partial charge in [0.05, 0.1) is 6.04 Å². The van der Waals surface area contributed by atoms with Crippen LogP contribution in [0.4, 0.5) is 0 Å². The topological polar surface area (TPSA) is 3.24 Å². The fourth-order valence-electron chi connectivity index (χ4n) is 1.31. The summed E-state index contributed by atoms with van der Waals surface area (Å²) >= 11 is 0. The molecule has 0 bridgehead atoms. The average Bonchev–Trinajstić information content (AvgIpc) is 2.15. The summed E-state index contributed by atoms with van der Waals surface area (Å²) in [5, 5.41) is 0. The van der Waals surface area contributed by atoms with Gasteiger partial charge in [0.25, 0.3) is 0 Å². The van der Waals surface area contributed by atoms with Gasteiger partial charge < -0.3 is 4.90 Å². The molecule has 0 aliphatic carbocycles. The van der Waals surface area contributed by atoms with Gasteiger partial charge in [-0.3, -0.25) is 0 Å². The first-order valence-corrected chi connectivity index (χ1v) is 3.06. The first kappa shape index (κ1) is 4.19. The second-order valence-electron chi connectivity index (χ2n) is 2.31. The van der Waals surface area contributed by atoms with E-state index in [1.807, 2.05) is 0 Å². The minimum absolute atomic E-state index is 0.718. The summed E-state index contributed by atoms with van der Waals surface area (Å²) in [6, 6.07) is 0.718. The lowest BCUT2D eigenvalue weighted by Gasteiger charge is -2.13. The summed E-state index contributed by atoms with van der Waals surface area (Å²) in [5.74, 6) is 0. The minimum atomic E-state index is 0.718. The normalized spacial score (nSPS) is 32.0. The SMILES string of the molecule is C1=CN2CC=CC2C1. The van der Waals surface area contributed by atoms with E-state index in [1.165, 1.54) is 6.42 Å². The van der Waals surface area contributed by atoms with Crippen LogP contribution in [0.2, 0.25) is 0 Å². The lowest BCUT2D eigenvalue weighted by Crippen LogP contribution is -2.18. The fraction of sp³-hybridized carbons (Fsp3) is 0.429. The van der Waals surface area contributed by atoms with Crippen molar-refractivity contribution in [2.75, 3.05) is 6.54 Å². The van der Waals surface area contributed by atoms with Gasteiger partial charge in [-0.05, 0) is 12.6 Å².